The molecule has 2 unspecified atom stereocenters. The predicted octanol–water partition coefficient (Wildman–Crippen LogP) is 3.04. The third-order valence-electron chi connectivity index (χ3n) is 3.73. The predicted molar refractivity (Wildman–Crippen MR) is 87.9 cm³/mol. The van der Waals surface area contributed by atoms with E-state index in [1.807, 2.05) is 6.92 Å². The molecule has 0 aliphatic rings. The van der Waals surface area contributed by atoms with Crippen molar-refractivity contribution in [3.05, 3.63) is 63.6 Å². The van der Waals surface area contributed by atoms with Crippen LogP contribution in [0.4, 0.5) is 5.69 Å². The van der Waals surface area contributed by atoms with Crippen LogP contribution in [0.3, 0.4) is 0 Å². The number of nitro benzene ring substituents is 1. The van der Waals surface area contributed by atoms with Gasteiger partial charge in [-0.2, -0.15) is 0 Å². The maximum atomic E-state index is 11.6. The van der Waals surface area contributed by atoms with Crippen LogP contribution in [0.5, 0.6) is 0 Å². The fourth-order valence-electron chi connectivity index (χ4n) is 2.47. The Balaban J connectivity index is 2.17. The molecule has 0 amide bonds. The van der Waals surface area contributed by atoms with Crippen molar-refractivity contribution in [1.29, 1.82) is 0 Å². The van der Waals surface area contributed by atoms with Crippen molar-refractivity contribution < 1.29 is 18.9 Å². The molecule has 1 heterocycles. The first kappa shape index (κ1) is 17.7. The standard InChI is InChI=1S/C17H20N2O5/c1-3-23-17(20)16-9-8-14(24-16)10-15(11(2)18)12-4-6-13(7-5-12)19(21)22/h4-9,11,15H,3,10,18H2,1-2H3. The third kappa shape index (κ3) is 4.20. The molecule has 0 spiro atoms. The van der Waals surface area contributed by atoms with E-state index in [0.717, 1.165) is 5.56 Å². The number of carbonyl (C=O) groups is 1. The monoisotopic (exact) mass is 332 g/mol. The number of nitrogens with zero attached hydrogens (tertiary/aromatic N) is 1. The summed E-state index contributed by atoms with van der Waals surface area (Å²) in [6.45, 7) is 3.86. The number of nitro groups is 1. The van der Waals surface area contributed by atoms with Crippen molar-refractivity contribution in [2.24, 2.45) is 5.73 Å². The van der Waals surface area contributed by atoms with Crippen molar-refractivity contribution >= 4 is 11.7 Å². The van der Waals surface area contributed by atoms with Gasteiger partial charge in [0.2, 0.25) is 5.76 Å². The molecule has 2 rings (SSSR count). The van der Waals surface area contributed by atoms with Crippen LogP contribution >= 0.6 is 0 Å². The minimum Gasteiger partial charge on any atom is -0.460 e. The van der Waals surface area contributed by atoms with Gasteiger partial charge in [-0.15, -0.1) is 0 Å². The highest BCUT2D eigenvalue weighted by Gasteiger charge is 2.21. The van der Waals surface area contributed by atoms with Crippen molar-refractivity contribution in [2.75, 3.05) is 6.61 Å². The molecule has 1 aromatic carbocycles. The summed E-state index contributed by atoms with van der Waals surface area (Å²) < 4.78 is 10.4. The molecule has 1 aromatic heterocycles. The van der Waals surface area contributed by atoms with Crippen LogP contribution < -0.4 is 5.73 Å². The van der Waals surface area contributed by atoms with Gasteiger partial charge in [0, 0.05) is 30.5 Å². The number of carbonyl (C=O) groups excluding carboxylic acids is 1. The molecule has 128 valence electrons. The minimum absolute atomic E-state index is 0.0322. The highest BCUT2D eigenvalue weighted by Crippen LogP contribution is 2.26. The van der Waals surface area contributed by atoms with Gasteiger partial charge in [0.15, 0.2) is 0 Å². The molecule has 0 saturated heterocycles. The smallest absolute Gasteiger partial charge is 0.374 e. The summed E-state index contributed by atoms with van der Waals surface area (Å²) in [4.78, 5) is 22.0. The Hall–Kier alpha value is -2.67. The Labute approximate surface area is 139 Å². The van der Waals surface area contributed by atoms with Gasteiger partial charge < -0.3 is 14.9 Å². The molecule has 7 nitrogen and oxygen atoms in total. The number of non-ortho nitro benzene ring substituents is 1. The van der Waals surface area contributed by atoms with Gasteiger partial charge >= 0.3 is 5.97 Å². The molecular weight excluding hydrogens is 312 g/mol. The second-order valence-electron chi connectivity index (χ2n) is 5.50. The van der Waals surface area contributed by atoms with E-state index in [1.54, 1.807) is 31.2 Å². The molecule has 0 saturated carbocycles. The van der Waals surface area contributed by atoms with Crippen LogP contribution in [0.15, 0.2) is 40.8 Å². The largest absolute Gasteiger partial charge is 0.460 e. The van der Waals surface area contributed by atoms with E-state index in [4.69, 9.17) is 14.9 Å². The Bertz CT molecular complexity index is 706. The van der Waals surface area contributed by atoms with Crippen LogP contribution in [0.25, 0.3) is 0 Å². The van der Waals surface area contributed by atoms with E-state index in [9.17, 15) is 14.9 Å². The third-order valence-corrected chi connectivity index (χ3v) is 3.73. The summed E-state index contributed by atoms with van der Waals surface area (Å²) in [5.41, 5.74) is 6.97. The summed E-state index contributed by atoms with van der Waals surface area (Å²) in [6, 6.07) is 9.40. The normalized spacial score (nSPS) is 13.3. The average molecular weight is 332 g/mol. The zero-order valence-electron chi connectivity index (χ0n) is 13.6. The second kappa shape index (κ2) is 7.74. The van der Waals surface area contributed by atoms with Gasteiger partial charge in [0.05, 0.1) is 11.5 Å². The fourth-order valence-corrected chi connectivity index (χ4v) is 2.47. The lowest BCUT2D eigenvalue weighted by Gasteiger charge is -2.20. The van der Waals surface area contributed by atoms with Gasteiger partial charge in [-0.05, 0) is 31.5 Å². The first-order valence-corrected chi connectivity index (χ1v) is 7.68. The number of benzene rings is 1. The zero-order chi connectivity index (χ0) is 17.7. The van der Waals surface area contributed by atoms with E-state index < -0.39 is 10.9 Å². The van der Waals surface area contributed by atoms with Gasteiger partial charge in [-0.3, -0.25) is 10.1 Å². The molecule has 0 bridgehead atoms. The molecule has 24 heavy (non-hydrogen) atoms. The minimum atomic E-state index is -0.503. The molecular formula is C17H20N2O5. The molecule has 0 radical (unpaired) electrons. The summed E-state index contributed by atoms with van der Waals surface area (Å²) in [7, 11) is 0. The number of hydrogen-bond acceptors (Lipinski definition) is 6. The summed E-state index contributed by atoms with van der Waals surface area (Å²) >= 11 is 0. The van der Waals surface area contributed by atoms with E-state index in [0.29, 0.717) is 12.2 Å². The highest BCUT2D eigenvalue weighted by atomic mass is 16.6. The summed E-state index contributed by atoms with van der Waals surface area (Å²) in [5.74, 6) is 0.168. The summed E-state index contributed by atoms with van der Waals surface area (Å²) in [6.07, 6.45) is 0.481. The van der Waals surface area contributed by atoms with Crippen molar-refractivity contribution in [3.63, 3.8) is 0 Å². The van der Waals surface area contributed by atoms with E-state index in [1.165, 1.54) is 12.1 Å². The number of furan rings is 1. The van der Waals surface area contributed by atoms with E-state index in [2.05, 4.69) is 0 Å². The molecule has 2 atom stereocenters. The van der Waals surface area contributed by atoms with E-state index in [-0.39, 0.29) is 30.0 Å². The molecule has 0 aliphatic carbocycles. The molecule has 7 heteroatoms. The van der Waals surface area contributed by atoms with Gasteiger partial charge in [0.1, 0.15) is 5.76 Å². The van der Waals surface area contributed by atoms with Gasteiger partial charge in [-0.25, -0.2) is 4.79 Å². The topological polar surface area (TPSA) is 109 Å². The van der Waals surface area contributed by atoms with Crippen LogP contribution in [-0.2, 0) is 11.2 Å². The molecule has 0 aliphatic heterocycles. The Morgan fingerprint density at radius 1 is 1.29 bits per heavy atom. The Kier molecular flexibility index (Phi) is 5.70. The van der Waals surface area contributed by atoms with Gasteiger partial charge in [-0.1, -0.05) is 12.1 Å². The second-order valence-corrected chi connectivity index (χ2v) is 5.50. The molecule has 2 N–H and O–H groups in total. The molecule has 2 aromatic rings. The molecule has 0 fully saturated rings. The fraction of sp³-hybridized carbons (Fsp3) is 0.353. The summed E-state index contributed by atoms with van der Waals surface area (Å²) in [5, 5.41) is 10.7. The highest BCUT2D eigenvalue weighted by molar-refractivity contribution is 5.86. The number of esters is 1. The van der Waals surface area contributed by atoms with Crippen molar-refractivity contribution in [3.8, 4) is 0 Å². The van der Waals surface area contributed by atoms with E-state index >= 15 is 0 Å². The maximum Gasteiger partial charge on any atom is 0.374 e. The number of rotatable bonds is 7. The first-order chi connectivity index (χ1) is 11.4. The first-order valence-electron chi connectivity index (χ1n) is 7.68. The SMILES string of the molecule is CCOC(=O)c1ccc(CC(c2ccc([N+](=O)[O-])cc2)C(C)N)o1. The lowest BCUT2D eigenvalue weighted by Crippen LogP contribution is -2.26. The number of ether oxygens (including phenoxy) is 1. The van der Waals surface area contributed by atoms with Gasteiger partial charge in [0.25, 0.3) is 5.69 Å². The quantitative estimate of drug-likeness (QED) is 0.474. The Morgan fingerprint density at radius 2 is 1.96 bits per heavy atom. The lowest BCUT2D eigenvalue weighted by molar-refractivity contribution is -0.384. The number of nitrogens with two attached hydrogens (primary N) is 1. The van der Waals surface area contributed by atoms with Crippen molar-refractivity contribution in [1.82, 2.24) is 0 Å². The lowest BCUT2D eigenvalue weighted by atomic mass is 9.89. The Morgan fingerprint density at radius 3 is 2.50 bits per heavy atom. The zero-order valence-corrected chi connectivity index (χ0v) is 13.6. The maximum absolute atomic E-state index is 11.6. The average Bonchev–Trinajstić information content (AvgIpc) is 3.01. The van der Waals surface area contributed by atoms with Crippen molar-refractivity contribution in [2.45, 2.75) is 32.2 Å². The van der Waals surface area contributed by atoms with Crippen LogP contribution in [0.2, 0.25) is 0 Å². The van der Waals surface area contributed by atoms with Crippen LogP contribution in [0.1, 0.15) is 41.6 Å². The van der Waals surface area contributed by atoms with Crippen LogP contribution in [0, 0.1) is 10.1 Å². The number of hydrogen-bond donors (Lipinski definition) is 1. The van der Waals surface area contributed by atoms with Crippen LogP contribution in [-0.4, -0.2) is 23.5 Å².